The summed E-state index contributed by atoms with van der Waals surface area (Å²) in [5, 5.41) is 4.72. The number of carbonyl (C=O) groups is 2. The van der Waals surface area contributed by atoms with Gasteiger partial charge in [0.25, 0.3) is 0 Å². The van der Waals surface area contributed by atoms with Gasteiger partial charge in [0, 0.05) is 6.54 Å². The van der Waals surface area contributed by atoms with Crippen LogP contribution in [0, 0.1) is 5.82 Å². The number of hydrogen-bond acceptors (Lipinski definition) is 3. The minimum absolute atomic E-state index is 0.0344. The summed E-state index contributed by atoms with van der Waals surface area (Å²) in [6.07, 6.45) is 0.0811. The van der Waals surface area contributed by atoms with Crippen LogP contribution in [-0.4, -0.2) is 17.9 Å². The molecule has 0 aromatic heterocycles. The first-order valence-electron chi connectivity index (χ1n) is 7.55. The molecule has 0 aliphatic carbocycles. The fourth-order valence-electron chi connectivity index (χ4n) is 1.96. The van der Waals surface area contributed by atoms with Gasteiger partial charge >= 0.3 is 11.8 Å². The highest BCUT2D eigenvalue weighted by atomic mass is 19.1. The molecule has 0 atom stereocenters. The molecule has 2 rings (SSSR count). The van der Waals surface area contributed by atoms with Crippen molar-refractivity contribution in [2.75, 3.05) is 5.32 Å². The molecule has 0 bridgehead atoms. The van der Waals surface area contributed by atoms with Crippen LogP contribution in [0.1, 0.15) is 19.4 Å². The maximum Gasteiger partial charge on any atom is 0.313 e. The summed E-state index contributed by atoms with van der Waals surface area (Å²) in [6, 6.07) is 12.8. The monoisotopic (exact) mass is 330 g/mol. The predicted molar refractivity (Wildman–Crippen MR) is 89.1 cm³/mol. The predicted octanol–water partition coefficient (Wildman–Crippen LogP) is 2.87. The van der Waals surface area contributed by atoms with E-state index >= 15 is 0 Å². The fraction of sp³-hybridized carbons (Fsp3) is 0.222. The molecule has 0 saturated heterocycles. The molecule has 2 aromatic carbocycles. The zero-order valence-electron chi connectivity index (χ0n) is 13.5. The summed E-state index contributed by atoms with van der Waals surface area (Å²) in [7, 11) is 0. The minimum Gasteiger partial charge on any atom is -0.491 e. The number of halogens is 1. The highest BCUT2D eigenvalue weighted by Crippen LogP contribution is 2.14. The number of nitrogens with one attached hydrogen (secondary N) is 2. The number of para-hydroxylation sites is 1. The van der Waals surface area contributed by atoms with Crippen molar-refractivity contribution in [2.24, 2.45) is 0 Å². The number of benzene rings is 2. The smallest absolute Gasteiger partial charge is 0.313 e. The lowest BCUT2D eigenvalue weighted by molar-refractivity contribution is -0.136. The maximum absolute atomic E-state index is 13.4. The number of rotatable bonds is 5. The van der Waals surface area contributed by atoms with Gasteiger partial charge in [-0.25, -0.2) is 4.39 Å². The van der Waals surface area contributed by atoms with E-state index in [9.17, 15) is 14.0 Å². The molecule has 0 spiro atoms. The Morgan fingerprint density at radius 1 is 1.04 bits per heavy atom. The molecule has 0 unspecified atom stereocenters. The van der Waals surface area contributed by atoms with Crippen LogP contribution in [0.3, 0.4) is 0 Å². The summed E-state index contributed by atoms with van der Waals surface area (Å²) < 4.78 is 19.0. The number of anilines is 1. The van der Waals surface area contributed by atoms with Crippen LogP contribution in [-0.2, 0) is 16.1 Å². The van der Waals surface area contributed by atoms with Gasteiger partial charge in [-0.15, -0.1) is 0 Å². The molecule has 6 heteroatoms. The molecular formula is C18H19FN2O3. The average Bonchev–Trinajstić information content (AvgIpc) is 2.55. The Bertz CT molecular complexity index is 714. The van der Waals surface area contributed by atoms with Crippen molar-refractivity contribution in [3.8, 4) is 5.75 Å². The van der Waals surface area contributed by atoms with E-state index in [1.54, 1.807) is 30.3 Å². The Morgan fingerprint density at radius 3 is 2.33 bits per heavy atom. The molecule has 0 radical (unpaired) electrons. The molecule has 0 aliphatic heterocycles. The number of amides is 2. The van der Waals surface area contributed by atoms with E-state index < -0.39 is 17.6 Å². The van der Waals surface area contributed by atoms with Crippen LogP contribution < -0.4 is 15.4 Å². The van der Waals surface area contributed by atoms with E-state index in [-0.39, 0.29) is 18.3 Å². The molecule has 2 amide bonds. The highest BCUT2D eigenvalue weighted by Gasteiger charge is 2.15. The van der Waals surface area contributed by atoms with Crippen LogP contribution in [0.5, 0.6) is 5.75 Å². The second-order valence-corrected chi connectivity index (χ2v) is 5.43. The lowest BCUT2D eigenvalue weighted by Gasteiger charge is -2.10. The van der Waals surface area contributed by atoms with E-state index in [0.717, 1.165) is 11.3 Å². The standard InChI is InChI=1S/C18H19FN2O3/c1-12(2)24-14-9-7-13(8-10-14)11-20-17(22)18(23)21-16-6-4-3-5-15(16)19/h3-10,12H,11H2,1-2H3,(H,20,22)(H,21,23). The SMILES string of the molecule is CC(C)Oc1ccc(CNC(=O)C(=O)Nc2ccccc2F)cc1. The van der Waals surface area contributed by atoms with E-state index in [1.807, 2.05) is 13.8 Å². The molecule has 2 aromatic rings. The highest BCUT2D eigenvalue weighted by molar-refractivity contribution is 6.39. The zero-order valence-corrected chi connectivity index (χ0v) is 13.5. The van der Waals surface area contributed by atoms with Crippen molar-refractivity contribution >= 4 is 17.5 Å². The van der Waals surface area contributed by atoms with Crippen molar-refractivity contribution in [3.05, 3.63) is 59.9 Å². The Balaban J connectivity index is 1.86. The maximum atomic E-state index is 13.4. The summed E-state index contributed by atoms with van der Waals surface area (Å²) in [6.45, 7) is 4.05. The van der Waals surface area contributed by atoms with Crippen LogP contribution >= 0.6 is 0 Å². The van der Waals surface area contributed by atoms with Crippen molar-refractivity contribution in [1.82, 2.24) is 5.32 Å². The lowest BCUT2D eigenvalue weighted by Crippen LogP contribution is -2.35. The molecule has 0 aliphatic rings. The van der Waals surface area contributed by atoms with E-state index in [1.165, 1.54) is 18.2 Å². The second kappa shape index (κ2) is 8.10. The van der Waals surface area contributed by atoms with Crippen molar-refractivity contribution in [2.45, 2.75) is 26.5 Å². The first kappa shape index (κ1) is 17.5. The topological polar surface area (TPSA) is 67.4 Å². The molecule has 126 valence electrons. The number of carbonyl (C=O) groups excluding carboxylic acids is 2. The quantitative estimate of drug-likeness (QED) is 0.829. The van der Waals surface area contributed by atoms with Gasteiger partial charge < -0.3 is 15.4 Å². The van der Waals surface area contributed by atoms with E-state index in [0.29, 0.717) is 0 Å². The van der Waals surface area contributed by atoms with E-state index in [2.05, 4.69) is 10.6 Å². The van der Waals surface area contributed by atoms with Gasteiger partial charge in [0.05, 0.1) is 11.8 Å². The van der Waals surface area contributed by atoms with Crippen molar-refractivity contribution in [3.63, 3.8) is 0 Å². The van der Waals surface area contributed by atoms with Gasteiger partial charge in [-0.2, -0.15) is 0 Å². The molecule has 2 N–H and O–H groups in total. The zero-order chi connectivity index (χ0) is 17.5. The van der Waals surface area contributed by atoms with Gasteiger partial charge in [-0.05, 0) is 43.7 Å². The third-order valence-corrected chi connectivity index (χ3v) is 3.08. The minimum atomic E-state index is -0.917. The average molecular weight is 330 g/mol. The Labute approximate surface area is 139 Å². The second-order valence-electron chi connectivity index (χ2n) is 5.43. The van der Waals surface area contributed by atoms with Gasteiger partial charge in [0.2, 0.25) is 0 Å². The summed E-state index contributed by atoms with van der Waals surface area (Å²) >= 11 is 0. The molecule has 5 nitrogen and oxygen atoms in total. The van der Waals surface area contributed by atoms with Gasteiger partial charge in [0.1, 0.15) is 11.6 Å². The van der Waals surface area contributed by atoms with Crippen molar-refractivity contribution in [1.29, 1.82) is 0 Å². The van der Waals surface area contributed by atoms with Gasteiger partial charge in [0.15, 0.2) is 0 Å². The largest absolute Gasteiger partial charge is 0.491 e. The molecular weight excluding hydrogens is 311 g/mol. The van der Waals surface area contributed by atoms with Crippen LogP contribution in [0.15, 0.2) is 48.5 Å². The number of hydrogen-bond donors (Lipinski definition) is 2. The first-order chi connectivity index (χ1) is 11.5. The third-order valence-electron chi connectivity index (χ3n) is 3.08. The van der Waals surface area contributed by atoms with Crippen LogP contribution in [0.4, 0.5) is 10.1 Å². The summed E-state index contributed by atoms with van der Waals surface area (Å²) in [4.78, 5) is 23.5. The van der Waals surface area contributed by atoms with Gasteiger partial charge in [-0.1, -0.05) is 24.3 Å². The molecule has 24 heavy (non-hydrogen) atoms. The Hall–Kier alpha value is -2.89. The molecule has 0 saturated carbocycles. The summed E-state index contributed by atoms with van der Waals surface area (Å²) in [5.41, 5.74) is 0.783. The normalized spacial score (nSPS) is 10.3. The third kappa shape index (κ3) is 5.08. The fourth-order valence-corrected chi connectivity index (χ4v) is 1.96. The molecule has 0 fully saturated rings. The first-order valence-corrected chi connectivity index (χ1v) is 7.55. The van der Waals surface area contributed by atoms with Crippen molar-refractivity contribution < 1.29 is 18.7 Å². The van der Waals surface area contributed by atoms with Crippen LogP contribution in [0.2, 0.25) is 0 Å². The number of ether oxygens (including phenoxy) is 1. The lowest BCUT2D eigenvalue weighted by atomic mass is 10.2. The Morgan fingerprint density at radius 2 is 1.71 bits per heavy atom. The van der Waals surface area contributed by atoms with Crippen LogP contribution in [0.25, 0.3) is 0 Å². The molecule has 0 heterocycles. The van der Waals surface area contributed by atoms with Gasteiger partial charge in [-0.3, -0.25) is 9.59 Å². The summed E-state index contributed by atoms with van der Waals surface area (Å²) in [5.74, 6) is -1.61. The van der Waals surface area contributed by atoms with E-state index in [4.69, 9.17) is 4.74 Å². The Kier molecular flexibility index (Phi) is 5.89.